The molecule has 0 fully saturated rings. The molecule has 0 saturated carbocycles. The molecule has 29 heavy (non-hydrogen) atoms. The topological polar surface area (TPSA) is 55.6 Å². The second-order valence-corrected chi connectivity index (χ2v) is 7.09. The number of aromatic nitrogens is 2. The minimum absolute atomic E-state index is 0.0266. The number of aryl methyl sites for hydroxylation is 2. The third-order valence-corrected chi connectivity index (χ3v) is 4.77. The Labute approximate surface area is 170 Å². The fourth-order valence-corrected chi connectivity index (χ4v) is 3.30. The van der Waals surface area contributed by atoms with Crippen LogP contribution in [0.25, 0.3) is 16.9 Å². The van der Waals surface area contributed by atoms with Gasteiger partial charge in [0, 0.05) is 11.8 Å². The Morgan fingerprint density at radius 2 is 1.76 bits per heavy atom. The van der Waals surface area contributed by atoms with Crippen molar-refractivity contribution >= 4 is 17.4 Å². The maximum absolute atomic E-state index is 12.6. The van der Waals surface area contributed by atoms with Crippen molar-refractivity contribution < 1.29 is 9.53 Å². The van der Waals surface area contributed by atoms with E-state index in [0.717, 1.165) is 33.6 Å². The molecule has 0 aliphatic rings. The molecular weight excluding hydrogens is 362 g/mol. The highest BCUT2D eigenvalue weighted by Crippen LogP contribution is 2.31. The van der Waals surface area contributed by atoms with Gasteiger partial charge in [-0.25, -0.2) is 4.98 Å². The van der Waals surface area contributed by atoms with Gasteiger partial charge < -0.3 is 10.1 Å². The van der Waals surface area contributed by atoms with E-state index < -0.39 is 0 Å². The third-order valence-electron chi connectivity index (χ3n) is 4.77. The number of imidazole rings is 1. The maximum atomic E-state index is 12.6. The molecule has 0 aliphatic heterocycles. The lowest BCUT2D eigenvalue weighted by Gasteiger charge is -2.10. The summed E-state index contributed by atoms with van der Waals surface area (Å²) in [5.74, 6) is 0.449. The Morgan fingerprint density at radius 1 is 1.00 bits per heavy atom. The highest BCUT2D eigenvalue weighted by molar-refractivity contribution is 5.95. The van der Waals surface area contributed by atoms with Crippen molar-refractivity contribution in [2.45, 2.75) is 20.5 Å². The van der Waals surface area contributed by atoms with Gasteiger partial charge in [-0.3, -0.25) is 9.20 Å². The predicted molar refractivity (Wildman–Crippen MR) is 115 cm³/mol. The molecule has 1 N–H and O–H groups in total. The van der Waals surface area contributed by atoms with Gasteiger partial charge in [0.05, 0.1) is 6.61 Å². The molecule has 0 radical (unpaired) electrons. The van der Waals surface area contributed by atoms with E-state index >= 15 is 0 Å². The fourth-order valence-electron chi connectivity index (χ4n) is 3.30. The molecular formula is C24H23N3O2. The summed E-state index contributed by atoms with van der Waals surface area (Å²) in [6, 6.07) is 21.8. The largest absolute Gasteiger partial charge is 0.367 e. The number of hydrogen-bond donors (Lipinski definition) is 1. The van der Waals surface area contributed by atoms with Crippen LogP contribution in [0.2, 0.25) is 0 Å². The minimum atomic E-state index is -0.209. The van der Waals surface area contributed by atoms with Gasteiger partial charge in [0.25, 0.3) is 5.91 Å². The van der Waals surface area contributed by atoms with Gasteiger partial charge >= 0.3 is 0 Å². The number of benzene rings is 2. The van der Waals surface area contributed by atoms with E-state index in [1.807, 2.05) is 91.2 Å². The molecule has 0 spiro atoms. The van der Waals surface area contributed by atoms with Crippen molar-refractivity contribution in [3.05, 3.63) is 89.6 Å². The summed E-state index contributed by atoms with van der Waals surface area (Å²) in [4.78, 5) is 17.4. The molecule has 0 bridgehead atoms. The summed E-state index contributed by atoms with van der Waals surface area (Å²) in [5.41, 5.74) is 5.76. The molecule has 5 heteroatoms. The van der Waals surface area contributed by atoms with E-state index in [-0.39, 0.29) is 12.5 Å². The summed E-state index contributed by atoms with van der Waals surface area (Å²) in [7, 11) is 0. The second kappa shape index (κ2) is 8.29. The van der Waals surface area contributed by atoms with Crippen LogP contribution in [0.1, 0.15) is 16.7 Å². The quantitative estimate of drug-likeness (QED) is 0.520. The first-order valence-electron chi connectivity index (χ1n) is 9.58. The number of pyridine rings is 1. The Morgan fingerprint density at radius 3 is 2.55 bits per heavy atom. The Balaban J connectivity index is 1.60. The zero-order valence-electron chi connectivity index (χ0n) is 16.6. The highest BCUT2D eigenvalue weighted by atomic mass is 16.5. The minimum Gasteiger partial charge on any atom is -0.367 e. The van der Waals surface area contributed by atoms with Crippen LogP contribution in [0.3, 0.4) is 0 Å². The van der Waals surface area contributed by atoms with Crippen molar-refractivity contribution in [1.29, 1.82) is 0 Å². The van der Waals surface area contributed by atoms with E-state index in [1.165, 1.54) is 0 Å². The zero-order valence-corrected chi connectivity index (χ0v) is 16.6. The summed E-state index contributed by atoms with van der Waals surface area (Å²) >= 11 is 0. The number of nitrogens with zero attached hydrogens (tertiary/aromatic N) is 2. The number of anilines is 1. The molecule has 2 aromatic carbocycles. The molecule has 2 aromatic heterocycles. The smallest absolute Gasteiger partial charge is 0.251 e. The number of hydrogen-bond acceptors (Lipinski definition) is 3. The molecule has 1 amide bonds. The molecule has 4 rings (SSSR count). The van der Waals surface area contributed by atoms with Gasteiger partial charge in [0.2, 0.25) is 0 Å². The number of amides is 1. The van der Waals surface area contributed by atoms with E-state index in [9.17, 15) is 4.79 Å². The first kappa shape index (κ1) is 18.9. The van der Waals surface area contributed by atoms with Crippen LogP contribution in [0.4, 0.5) is 5.82 Å². The number of rotatable bonds is 6. The third kappa shape index (κ3) is 4.20. The zero-order chi connectivity index (χ0) is 20.2. The van der Waals surface area contributed by atoms with E-state index in [1.54, 1.807) is 0 Å². The van der Waals surface area contributed by atoms with Gasteiger partial charge in [-0.05, 0) is 36.6 Å². The van der Waals surface area contributed by atoms with Crippen molar-refractivity contribution in [2.24, 2.45) is 0 Å². The second-order valence-electron chi connectivity index (χ2n) is 7.09. The SMILES string of the molecule is Cc1ccc2nc(-c3ccccc3C)c(NC(=O)COCc3ccccc3)n2c1. The number of carbonyl (C=O) groups is 1. The van der Waals surface area contributed by atoms with Crippen molar-refractivity contribution in [3.63, 3.8) is 0 Å². The number of ether oxygens (including phenoxy) is 1. The van der Waals surface area contributed by atoms with Gasteiger partial charge in [-0.1, -0.05) is 60.7 Å². The van der Waals surface area contributed by atoms with Crippen molar-refractivity contribution in [1.82, 2.24) is 9.38 Å². The molecule has 4 aromatic rings. The fraction of sp³-hybridized carbons (Fsp3) is 0.167. The predicted octanol–water partition coefficient (Wildman–Crippen LogP) is 4.77. The van der Waals surface area contributed by atoms with Crippen molar-refractivity contribution in [3.8, 4) is 11.3 Å². The van der Waals surface area contributed by atoms with Crippen LogP contribution < -0.4 is 5.32 Å². The Hall–Kier alpha value is -3.44. The number of carbonyl (C=O) groups excluding carboxylic acids is 1. The lowest BCUT2D eigenvalue weighted by atomic mass is 10.1. The average molecular weight is 385 g/mol. The monoisotopic (exact) mass is 385 g/mol. The van der Waals surface area contributed by atoms with Crippen LogP contribution in [-0.4, -0.2) is 21.9 Å². The number of nitrogens with one attached hydrogen (secondary N) is 1. The molecule has 146 valence electrons. The summed E-state index contributed by atoms with van der Waals surface area (Å²) in [6.07, 6.45) is 1.98. The van der Waals surface area contributed by atoms with Crippen LogP contribution in [0, 0.1) is 13.8 Å². The lowest BCUT2D eigenvalue weighted by Crippen LogP contribution is -2.19. The first-order chi connectivity index (χ1) is 14.1. The normalized spacial score (nSPS) is 11.0. The molecule has 0 aliphatic carbocycles. The average Bonchev–Trinajstić information content (AvgIpc) is 3.06. The molecule has 2 heterocycles. The highest BCUT2D eigenvalue weighted by Gasteiger charge is 2.18. The molecule has 0 saturated heterocycles. The molecule has 0 unspecified atom stereocenters. The van der Waals surface area contributed by atoms with E-state index in [2.05, 4.69) is 5.32 Å². The van der Waals surface area contributed by atoms with Gasteiger partial charge in [-0.2, -0.15) is 0 Å². The van der Waals surface area contributed by atoms with E-state index in [4.69, 9.17) is 9.72 Å². The summed E-state index contributed by atoms with van der Waals surface area (Å²) in [5, 5.41) is 3.01. The van der Waals surface area contributed by atoms with Crippen LogP contribution >= 0.6 is 0 Å². The summed E-state index contributed by atoms with van der Waals surface area (Å²) in [6.45, 7) is 4.42. The van der Waals surface area contributed by atoms with Crippen LogP contribution in [-0.2, 0) is 16.1 Å². The lowest BCUT2D eigenvalue weighted by molar-refractivity contribution is -0.121. The summed E-state index contributed by atoms with van der Waals surface area (Å²) < 4.78 is 7.52. The van der Waals surface area contributed by atoms with Gasteiger partial charge in [0.15, 0.2) is 0 Å². The maximum Gasteiger partial charge on any atom is 0.251 e. The Kier molecular flexibility index (Phi) is 5.40. The van der Waals surface area contributed by atoms with Crippen molar-refractivity contribution in [2.75, 3.05) is 11.9 Å². The standard InChI is InChI=1S/C24H23N3O2/c1-17-12-13-21-25-23(20-11-7-6-8-18(20)2)24(27(21)14-17)26-22(28)16-29-15-19-9-4-3-5-10-19/h3-14H,15-16H2,1-2H3,(H,26,28). The Bertz CT molecular complexity index is 1150. The van der Waals surface area contributed by atoms with Crippen LogP contribution in [0.5, 0.6) is 0 Å². The van der Waals surface area contributed by atoms with E-state index in [0.29, 0.717) is 12.4 Å². The molecule has 5 nitrogen and oxygen atoms in total. The number of fused-ring (bicyclic) bond motifs is 1. The van der Waals surface area contributed by atoms with Crippen LogP contribution in [0.15, 0.2) is 72.9 Å². The molecule has 0 atom stereocenters. The van der Waals surface area contributed by atoms with Gasteiger partial charge in [-0.15, -0.1) is 0 Å². The first-order valence-corrected chi connectivity index (χ1v) is 9.58. The van der Waals surface area contributed by atoms with Gasteiger partial charge in [0.1, 0.15) is 23.8 Å².